The number of hydrogen-bond donors (Lipinski definition) is 1. The molecule has 2 aromatic heterocycles. The molecule has 0 saturated heterocycles. The Bertz CT molecular complexity index is 1230. The SMILES string of the molecule is Cc1cccc(CSc2nnc(Nc3ccc(C)cc3C)c(=O)n2-n2cccc2)c1. The van der Waals surface area contributed by atoms with E-state index in [1.807, 2.05) is 56.6 Å². The highest BCUT2D eigenvalue weighted by molar-refractivity contribution is 7.98. The molecule has 4 rings (SSSR count). The number of aryl methyl sites for hydroxylation is 3. The number of rotatable bonds is 6. The number of nitrogens with one attached hydrogen (secondary N) is 1. The van der Waals surface area contributed by atoms with Gasteiger partial charge in [-0.05, 0) is 50.1 Å². The zero-order chi connectivity index (χ0) is 21.1. The third-order valence-corrected chi connectivity index (χ3v) is 5.71. The van der Waals surface area contributed by atoms with Crippen molar-refractivity contribution in [2.45, 2.75) is 31.7 Å². The molecule has 0 unspecified atom stereocenters. The summed E-state index contributed by atoms with van der Waals surface area (Å²) in [6, 6.07) is 18.1. The summed E-state index contributed by atoms with van der Waals surface area (Å²) < 4.78 is 3.27. The maximum absolute atomic E-state index is 13.3. The van der Waals surface area contributed by atoms with Crippen LogP contribution in [0, 0.1) is 20.8 Å². The van der Waals surface area contributed by atoms with E-state index in [2.05, 4.69) is 46.7 Å². The van der Waals surface area contributed by atoms with Gasteiger partial charge in [0, 0.05) is 23.8 Å². The van der Waals surface area contributed by atoms with Crippen molar-refractivity contribution >= 4 is 23.3 Å². The molecule has 0 aliphatic heterocycles. The van der Waals surface area contributed by atoms with Gasteiger partial charge < -0.3 is 5.32 Å². The first-order valence-corrected chi connectivity index (χ1v) is 10.7. The third kappa shape index (κ3) is 4.31. The average Bonchev–Trinajstić information content (AvgIpc) is 3.24. The van der Waals surface area contributed by atoms with E-state index in [1.54, 1.807) is 9.35 Å². The average molecular weight is 418 g/mol. The minimum atomic E-state index is -0.257. The van der Waals surface area contributed by atoms with Crippen molar-refractivity contribution in [1.82, 2.24) is 19.5 Å². The molecule has 0 atom stereocenters. The van der Waals surface area contributed by atoms with Gasteiger partial charge in [-0.3, -0.25) is 9.47 Å². The van der Waals surface area contributed by atoms with Gasteiger partial charge in [0.25, 0.3) is 0 Å². The predicted octanol–water partition coefficient (Wildman–Crippen LogP) is 4.71. The van der Waals surface area contributed by atoms with Crippen LogP contribution in [0.15, 0.2) is 76.9 Å². The van der Waals surface area contributed by atoms with Crippen molar-refractivity contribution in [3.8, 4) is 0 Å². The van der Waals surface area contributed by atoms with E-state index in [0.29, 0.717) is 10.9 Å². The maximum Gasteiger partial charge on any atom is 0.316 e. The molecule has 0 spiro atoms. The van der Waals surface area contributed by atoms with Crippen molar-refractivity contribution < 1.29 is 0 Å². The lowest BCUT2D eigenvalue weighted by molar-refractivity contribution is 0.533. The highest BCUT2D eigenvalue weighted by Crippen LogP contribution is 2.22. The lowest BCUT2D eigenvalue weighted by Gasteiger charge is -2.14. The number of benzene rings is 2. The molecule has 0 aliphatic rings. The van der Waals surface area contributed by atoms with Crippen LogP contribution in [0.25, 0.3) is 0 Å². The van der Waals surface area contributed by atoms with Gasteiger partial charge in [0.05, 0.1) is 0 Å². The number of hydrogen-bond acceptors (Lipinski definition) is 5. The van der Waals surface area contributed by atoms with E-state index in [4.69, 9.17) is 0 Å². The van der Waals surface area contributed by atoms with E-state index < -0.39 is 0 Å². The van der Waals surface area contributed by atoms with Crippen LogP contribution < -0.4 is 10.9 Å². The highest BCUT2D eigenvalue weighted by Gasteiger charge is 2.15. The Morgan fingerprint density at radius 3 is 2.43 bits per heavy atom. The fourth-order valence-electron chi connectivity index (χ4n) is 3.23. The molecular weight excluding hydrogens is 394 g/mol. The Morgan fingerprint density at radius 1 is 0.933 bits per heavy atom. The molecule has 1 N–H and O–H groups in total. The largest absolute Gasteiger partial charge is 0.334 e. The van der Waals surface area contributed by atoms with Crippen LogP contribution in [-0.2, 0) is 5.75 Å². The molecule has 0 amide bonds. The number of thioether (sulfide) groups is 1. The van der Waals surface area contributed by atoms with Crippen LogP contribution in [0.3, 0.4) is 0 Å². The van der Waals surface area contributed by atoms with Gasteiger partial charge in [0.15, 0.2) is 0 Å². The monoisotopic (exact) mass is 417 g/mol. The van der Waals surface area contributed by atoms with Gasteiger partial charge in [-0.1, -0.05) is 59.3 Å². The standard InChI is InChI=1S/C23H23N5OS/c1-16-7-6-8-19(14-16)15-30-23-26-25-21(22(29)28(23)27-11-4-5-12-27)24-20-10-9-17(2)13-18(20)3/h4-14H,15H2,1-3H3,(H,24,25). The molecule has 0 radical (unpaired) electrons. The lowest BCUT2D eigenvalue weighted by atomic mass is 10.1. The summed E-state index contributed by atoms with van der Waals surface area (Å²) in [6.07, 6.45) is 3.64. The highest BCUT2D eigenvalue weighted by atomic mass is 32.2. The van der Waals surface area contributed by atoms with Gasteiger partial charge in [0.1, 0.15) is 0 Å². The first-order valence-electron chi connectivity index (χ1n) is 9.67. The summed E-state index contributed by atoms with van der Waals surface area (Å²) in [5, 5.41) is 12.3. The zero-order valence-electron chi connectivity index (χ0n) is 17.2. The van der Waals surface area contributed by atoms with Crippen LogP contribution >= 0.6 is 11.8 Å². The molecule has 0 bridgehead atoms. The number of aromatic nitrogens is 4. The minimum Gasteiger partial charge on any atom is -0.334 e. The summed E-state index contributed by atoms with van der Waals surface area (Å²) in [5.74, 6) is 0.886. The second-order valence-corrected chi connectivity index (χ2v) is 8.17. The molecule has 2 heterocycles. The second kappa shape index (κ2) is 8.59. The Hall–Kier alpha value is -3.32. The van der Waals surface area contributed by atoms with Crippen LogP contribution in [0.4, 0.5) is 11.5 Å². The summed E-state index contributed by atoms with van der Waals surface area (Å²) in [6.45, 7) is 6.10. The molecule has 0 fully saturated rings. The molecule has 152 valence electrons. The van der Waals surface area contributed by atoms with Gasteiger partial charge in [0.2, 0.25) is 11.0 Å². The van der Waals surface area contributed by atoms with Gasteiger partial charge in [-0.15, -0.1) is 10.2 Å². The van der Waals surface area contributed by atoms with Crippen LogP contribution in [0.1, 0.15) is 22.3 Å². The van der Waals surface area contributed by atoms with Gasteiger partial charge >= 0.3 is 5.56 Å². The van der Waals surface area contributed by atoms with Crippen LogP contribution in [0.5, 0.6) is 0 Å². The lowest BCUT2D eigenvalue weighted by Crippen LogP contribution is -2.30. The van der Waals surface area contributed by atoms with Gasteiger partial charge in [-0.25, -0.2) is 0 Å². The molecule has 6 nitrogen and oxygen atoms in total. The van der Waals surface area contributed by atoms with Crippen molar-refractivity contribution in [1.29, 1.82) is 0 Å². The molecule has 4 aromatic rings. The molecule has 0 aliphatic carbocycles. The molecule has 2 aromatic carbocycles. The van der Waals surface area contributed by atoms with Crippen molar-refractivity contribution in [3.05, 3.63) is 99.6 Å². The van der Waals surface area contributed by atoms with E-state index in [-0.39, 0.29) is 11.4 Å². The topological polar surface area (TPSA) is 64.7 Å². The summed E-state index contributed by atoms with van der Waals surface area (Å²) in [4.78, 5) is 13.3. The van der Waals surface area contributed by atoms with Crippen LogP contribution in [0.2, 0.25) is 0 Å². The Morgan fingerprint density at radius 2 is 1.70 bits per heavy atom. The fraction of sp³-hybridized carbons (Fsp3) is 0.174. The van der Waals surface area contributed by atoms with Crippen molar-refractivity contribution in [2.75, 3.05) is 5.32 Å². The fourth-order valence-corrected chi connectivity index (χ4v) is 4.10. The molecule has 30 heavy (non-hydrogen) atoms. The molecule has 0 saturated carbocycles. The van der Waals surface area contributed by atoms with E-state index in [1.165, 1.54) is 22.9 Å². The third-order valence-electron chi connectivity index (χ3n) is 4.72. The quantitative estimate of drug-likeness (QED) is 0.460. The summed E-state index contributed by atoms with van der Waals surface area (Å²) in [7, 11) is 0. The van der Waals surface area contributed by atoms with E-state index >= 15 is 0 Å². The Balaban J connectivity index is 1.69. The number of nitrogens with zero attached hydrogens (tertiary/aromatic N) is 4. The second-order valence-electron chi connectivity index (χ2n) is 7.23. The Kier molecular flexibility index (Phi) is 5.72. The predicted molar refractivity (Wildman–Crippen MR) is 121 cm³/mol. The maximum atomic E-state index is 13.3. The molecular formula is C23H23N5OS. The zero-order valence-corrected chi connectivity index (χ0v) is 18.0. The van der Waals surface area contributed by atoms with Crippen molar-refractivity contribution in [2.24, 2.45) is 0 Å². The summed E-state index contributed by atoms with van der Waals surface area (Å²) >= 11 is 1.48. The van der Waals surface area contributed by atoms with Crippen molar-refractivity contribution in [3.63, 3.8) is 0 Å². The Labute approximate surface area is 179 Å². The van der Waals surface area contributed by atoms with E-state index in [0.717, 1.165) is 16.8 Å². The first-order chi connectivity index (χ1) is 14.5. The molecule has 7 heteroatoms. The smallest absolute Gasteiger partial charge is 0.316 e. The summed E-state index contributed by atoms with van der Waals surface area (Å²) in [5.41, 5.74) is 5.17. The first kappa shape index (κ1) is 20.0. The normalized spacial score (nSPS) is 10.9. The van der Waals surface area contributed by atoms with Gasteiger partial charge in [-0.2, -0.15) is 4.68 Å². The van der Waals surface area contributed by atoms with Crippen LogP contribution in [-0.4, -0.2) is 19.5 Å². The minimum absolute atomic E-state index is 0.190. The van der Waals surface area contributed by atoms with E-state index in [9.17, 15) is 4.79 Å². The number of anilines is 2.